The molecule has 2 aromatic rings. The molecular formula is C20H18BrFN4O5. The molecule has 2 atom stereocenters. The second-order valence-corrected chi connectivity index (χ2v) is 7.61. The molecular weight excluding hydrogens is 475 g/mol. The highest BCUT2D eigenvalue weighted by atomic mass is 79.9. The van der Waals surface area contributed by atoms with Gasteiger partial charge in [0, 0.05) is 25.2 Å². The van der Waals surface area contributed by atoms with E-state index in [0.29, 0.717) is 6.54 Å². The maximum atomic E-state index is 13.3. The van der Waals surface area contributed by atoms with Crippen LogP contribution in [0.25, 0.3) is 0 Å². The van der Waals surface area contributed by atoms with Gasteiger partial charge in [-0.2, -0.15) is 0 Å². The Balaban J connectivity index is 1.61. The molecule has 0 fully saturated rings. The fourth-order valence-electron chi connectivity index (χ4n) is 2.92. The van der Waals surface area contributed by atoms with E-state index in [4.69, 9.17) is 4.74 Å². The second kappa shape index (κ2) is 9.65. The number of nitrogens with one attached hydrogen (secondary N) is 1. The summed E-state index contributed by atoms with van der Waals surface area (Å²) in [6, 6.07) is 6.22. The SMILES string of the molecule is CC(Oc1cccc(F)c1)C(=O)NC1C=CCN(C(=O)c2ncc([N+](=O)[O-])cc2Br)C1. The van der Waals surface area contributed by atoms with Crippen LogP contribution in [0.2, 0.25) is 0 Å². The van der Waals surface area contributed by atoms with E-state index >= 15 is 0 Å². The predicted octanol–water partition coefficient (Wildman–Crippen LogP) is 2.86. The highest BCUT2D eigenvalue weighted by Crippen LogP contribution is 2.22. The van der Waals surface area contributed by atoms with E-state index in [-0.39, 0.29) is 28.1 Å². The molecule has 2 amide bonds. The number of rotatable bonds is 6. The summed E-state index contributed by atoms with van der Waals surface area (Å²) < 4.78 is 18.9. The normalized spacial score (nSPS) is 16.5. The first-order valence-electron chi connectivity index (χ1n) is 9.23. The van der Waals surface area contributed by atoms with Crippen molar-refractivity contribution in [2.24, 2.45) is 0 Å². The van der Waals surface area contributed by atoms with Gasteiger partial charge in [0.1, 0.15) is 23.5 Å². The zero-order chi connectivity index (χ0) is 22.5. The van der Waals surface area contributed by atoms with Gasteiger partial charge in [0.15, 0.2) is 6.10 Å². The van der Waals surface area contributed by atoms with Gasteiger partial charge in [-0.1, -0.05) is 18.2 Å². The van der Waals surface area contributed by atoms with E-state index in [2.05, 4.69) is 26.2 Å². The second-order valence-electron chi connectivity index (χ2n) is 6.75. The molecule has 2 heterocycles. The van der Waals surface area contributed by atoms with Crippen LogP contribution in [0.15, 0.2) is 53.2 Å². The average Bonchev–Trinajstić information content (AvgIpc) is 2.73. The van der Waals surface area contributed by atoms with Crippen LogP contribution in [0, 0.1) is 15.9 Å². The molecule has 0 spiro atoms. The maximum Gasteiger partial charge on any atom is 0.288 e. The molecule has 0 radical (unpaired) electrons. The molecule has 162 valence electrons. The molecule has 0 saturated heterocycles. The lowest BCUT2D eigenvalue weighted by molar-refractivity contribution is -0.385. The third-order valence-electron chi connectivity index (χ3n) is 4.44. The lowest BCUT2D eigenvalue weighted by atomic mass is 10.1. The molecule has 0 bridgehead atoms. The number of benzene rings is 1. The van der Waals surface area contributed by atoms with Crippen LogP contribution in [-0.4, -0.2) is 51.9 Å². The van der Waals surface area contributed by atoms with Gasteiger partial charge in [0.2, 0.25) is 0 Å². The highest BCUT2D eigenvalue weighted by molar-refractivity contribution is 9.10. The fourth-order valence-corrected chi connectivity index (χ4v) is 3.42. The topological polar surface area (TPSA) is 115 Å². The minimum Gasteiger partial charge on any atom is -0.481 e. The molecule has 11 heteroatoms. The number of hydrogen-bond donors (Lipinski definition) is 1. The monoisotopic (exact) mass is 492 g/mol. The van der Waals surface area contributed by atoms with Crippen molar-refractivity contribution < 1.29 is 23.6 Å². The van der Waals surface area contributed by atoms with Crippen molar-refractivity contribution in [3.63, 3.8) is 0 Å². The summed E-state index contributed by atoms with van der Waals surface area (Å²) in [5.41, 5.74) is -0.201. The number of ether oxygens (including phenoxy) is 1. The maximum absolute atomic E-state index is 13.3. The summed E-state index contributed by atoms with van der Waals surface area (Å²) in [6.45, 7) is 2.01. The number of nitro groups is 1. The summed E-state index contributed by atoms with van der Waals surface area (Å²) in [7, 11) is 0. The Morgan fingerprint density at radius 3 is 2.87 bits per heavy atom. The number of carbonyl (C=O) groups is 2. The zero-order valence-electron chi connectivity index (χ0n) is 16.3. The van der Waals surface area contributed by atoms with E-state index in [1.165, 1.54) is 36.1 Å². The molecule has 2 unspecified atom stereocenters. The van der Waals surface area contributed by atoms with Gasteiger partial charge in [-0.25, -0.2) is 9.37 Å². The van der Waals surface area contributed by atoms with Crippen molar-refractivity contribution in [1.82, 2.24) is 15.2 Å². The van der Waals surface area contributed by atoms with Crippen LogP contribution in [0.4, 0.5) is 10.1 Å². The van der Waals surface area contributed by atoms with Gasteiger partial charge in [0.25, 0.3) is 17.5 Å². The Hall–Kier alpha value is -3.34. The van der Waals surface area contributed by atoms with Gasteiger partial charge >= 0.3 is 0 Å². The number of pyridine rings is 1. The van der Waals surface area contributed by atoms with Crippen LogP contribution in [0.3, 0.4) is 0 Å². The lowest BCUT2D eigenvalue weighted by Gasteiger charge is -2.30. The van der Waals surface area contributed by atoms with Crippen molar-refractivity contribution in [2.75, 3.05) is 13.1 Å². The minimum atomic E-state index is -0.883. The van der Waals surface area contributed by atoms with Crippen LogP contribution in [0.1, 0.15) is 17.4 Å². The Bertz CT molecular complexity index is 1050. The Morgan fingerprint density at radius 2 is 2.19 bits per heavy atom. The van der Waals surface area contributed by atoms with Gasteiger partial charge < -0.3 is 15.0 Å². The standard InChI is InChI=1S/C20H18BrFN4O5/c1-12(31-16-6-2-4-13(22)8-16)19(27)24-14-5-3-7-25(11-14)20(28)18-17(21)9-15(10-23-18)26(29)30/h2-6,8-10,12,14H,7,11H2,1H3,(H,24,27). The molecule has 9 nitrogen and oxygen atoms in total. The van der Waals surface area contributed by atoms with Gasteiger partial charge in [0.05, 0.1) is 15.4 Å². The van der Waals surface area contributed by atoms with Crippen LogP contribution < -0.4 is 10.1 Å². The van der Waals surface area contributed by atoms with Crippen LogP contribution >= 0.6 is 15.9 Å². The zero-order valence-corrected chi connectivity index (χ0v) is 17.9. The van der Waals surface area contributed by atoms with E-state index < -0.39 is 34.7 Å². The molecule has 1 N–H and O–H groups in total. The first-order chi connectivity index (χ1) is 14.7. The molecule has 1 aliphatic heterocycles. The van der Waals surface area contributed by atoms with E-state index in [1.807, 2.05) is 0 Å². The number of carbonyl (C=O) groups excluding carboxylic acids is 2. The predicted molar refractivity (Wildman–Crippen MR) is 112 cm³/mol. The number of aromatic nitrogens is 1. The summed E-state index contributed by atoms with van der Waals surface area (Å²) in [4.78, 5) is 40.8. The van der Waals surface area contributed by atoms with Crippen LogP contribution in [-0.2, 0) is 4.79 Å². The van der Waals surface area contributed by atoms with E-state index in [1.54, 1.807) is 18.2 Å². The number of halogens is 2. The highest BCUT2D eigenvalue weighted by Gasteiger charge is 2.27. The lowest BCUT2D eigenvalue weighted by Crippen LogP contribution is -2.50. The molecule has 1 aromatic carbocycles. The largest absolute Gasteiger partial charge is 0.481 e. The summed E-state index contributed by atoms with van der Waals surface area (Å²) >= 11 is 3.15. The van der Waals surface area contributed by atoms with Crippen molar-refractivity contribution in [1.29, 1.82) is 0 Å². The summed E-state index contributed by atoms with van der Waals surface area (Å²) in [5.74, 6) is -1.11. The van der Waals surface area contributed by atoms with E-state index in [9.17, 15) is 24.1 Å². The molecule has 0 saturated carbocycles. The fraction of sp³-hybridized carbons (Fsp3) is 0.250. The van der Waals surface area contributed by atoms with E-state index in [0.717, 1.165) is 6.20 Å². The van der Waals surface area contributed by atoms with Crippen molar-refractivity contribution >= 4 is 33.4 Å². The molecule has 1 aliphatic rings. The molecule has 31 heavy (non-hydrogen) atoms. The molecule has 0 aliphatic carbocycles. The van der Waals surface area contributed by atoms with Crippen molar-refractivity contribution in [3.05, 3.63) is 74.8 Å². The Kier molecular flexibility index (Phi) is 6.95. The number of nitrogens with zero attached hydrogens (tertiary/aromatic N) is 3. The Morgan fingerprint density at radius 1 is 1.42 bits per heavy atom. The van der Waals surface area contributed by atoms with Gasteiger partial charge in [-0.15, -0.1) is 0 Å². The Labute approximate surface area is 185 Å². The third-order valence-corrected chi connectivity index (χ3v) is 5.05. The number of amides is 2. The first-order valence-corrected chi connectivity index (χ1v) is 10.0. The van der Waals surface area contributed by atoms with Crippen LogP contribution in [0.5, 0.6) is 5.75 Å². The quantitative estimate of drug-likeness (QED) is 0.376. The first kappa shape index (κ1) is 22.3. The van der Waals surface area contributed by atoms with Gasteiger partial charge in [-0.3, -0.25) is 19.7 Å². The molecule has 1 aromatic heterocycles. The third kappa shape index (κ3) is 5.63. The van der Waals surface area contributed by atoms with Gasteiger partial charge in [-0.05, 0) is 35.0 Å². The summed E-state index contributed by atoms with van der Waals surface area (Å²) in [5, 5.41) is 13.6. The average molecular weight is 493 g/mol. The number of hydrogen-bond acceptors (Lipinski definition) is 6. The summed E-state index contributed by atoms with van der Waals surface area (Å²) in [6.07, 6.45) is 3.62. The van der Waals surface area contributed by atoms with Crippen molar-refractivity contribution in [3.8, 4) is 5.75 Å². The van der Waals surface area contributed by atoms with Crippen molar-refractivity contribution in [2.45, 2.75) is 19.1 Å². The smallest absolute Gasteiger partial charge is 0.288 e. The minimum absolute atomic E-state index is 0.0359. The molecule has 3 rings (SSSR count).